The Morgan fingerprint density at radius 3 is 2.48 bits per heavy atom. The SMILES string of the molecule is COc1nc(NS(=O)(=O)c2c[nH]c(-c3nccs3)c2)nc(OC)c1OCC(F)F. The van der Waals surface area contributed by atoms with Gasteiger partial charge in [-0.25, -0.2) is 26.9 Å². The van der Waals surface area contributed by atoms with Gasteiger partial charge in [-0.05, 0) is 6.07 Å². The first-order valence-corrected chi connectivity index (χ1v) is 10.2. The Kier molecular flexibility index (Phi) is 6.12. The van der Waals surface area contributed by atoms with Crippen LogP contribution in [-0.2, 0) is 10.0 Å². The second-order valence-corrected chi connectivity index (χ2v) is 7.87. The molecule has 0 atom stereocenters. The molecule has 0 unspecified atom stereocenters. The Morgan fingerprint density at radius 2 is 1.93 bits per heavy atom. The third-order valence-corrected chi connectivity index (χ3v) is 5.51. The lowest BCUT2D eigenvalue weighted by atomic mass is 10.4. The van der Waals surface area contributed by atoms with Gasteiger partial charge in [-0.1, -0.05) is 0 Å². The molecule has 156 valence electrons. The summed E-state index contributed by atoms with van der Waals surface area (Å²) < 4.78 is 67.2. The van der Waals surface area contributed by atoms with Crippen LogP contribution in [0.3, 0.4) is 0 Å². The van der Waals surface area contributed by atoms with Crippen LogP contribution in [0, 0.1) is 0 Å². The number of thiazole rings is 1. The zero-order valence-electron chi connectivity index (χ0n) is 15.0. The van der Waals surface area contributed by atoms with Crippen molar-refractivity contribution in [3.05, 3.63) is 23.8 Å². The monoisotopic (exact) mass is 447 g/mol. The lowest BCUT2D eigenvalue weighted by molar-refractivity contribution is 0.0781. The number of anilines is 1. The van der Waals surface area contributed by atoms with Crippen LogP contribution in [0.25, 0.3) is 10.7 Å². The van der Waals surface area contributed by atoms with Gasteiger partial charge in [-0.15, -0.1) is 11.3 Å². The third kappa shape index (κ3) is 4.71. The van der Waals surface area contributed by atoms with Crippen molar-refractivity contribution in [3.8, 4) is 28.2 Å². The number of aromatic nitrogens is 4. The topological polar surface area (TPSA) is 128 Å². The maximum atomic E-state index is 12.6. The number of nitrogens with zero attached hydrogens (tertiary/aromatic N) is 3. The summed E-state index contributed by atoms with van der Waals surface area (Å²) in [6.07, 6.45) is 0.133. The Morgan fingerprint density at radius 1 is 1.24 bits per heavy atom. The standard InChI is InChI=1S/C15H15F2N5O5S2/c1-25-12-11(27-7-10(16)17)13(26-2)21-15(20-12)22-29(23,24)8-5-9(19-6-8)14-18-3-4-28-14/h3-6,10,19H,7H2,1-2H3,(H,20,21,22). The number of alkyl halides is 2. The van der Waals surface area contributed by atoms with Gasteiger partial charge in [0.2, 0.25) is 11.7 Å². The summed E-state index contributed by atoms with van der Waals surface area (Å²) in [5, 5.41) is 2.37. The number of aromatic amines is 1. The van der Waals surface area contributed by atoms with Gasteiger partial charge < -0.3 is 19.2 Å². The van der Waals surface area contributed by atoms with Crippen LogP contribution in [-0.4, -0.2) is 55.6 Å². The van der Waals surface area contributed by atoms with E-state index < -0.39 is 23.1 Å². The summed E-state index contributed by atoms with van der Waals surface area (Å²) in [4.78, 5) is 14.5. The molecular formula is C15H15F2N5O5S2. The van der Waals surface area contributed by atoms with E-state index in [-0.39, 0.29) is 28.4 Å². The number of ether oxygens (including phenoxy) is 3. The molecule has 0 saturated heterocycles. The molecule has 3 aromatic heterocycles. The Bertz CT molecular complexity index is 1050. The quantitative estimate of drug-likeness (QED) is 0.512. The summed E-state index contributed by atoms with van der Waals surface area (Å²) in [5.41, 5.74) is 0.521. The smallest absolute Gasteiger partial charge is 0.272 e. The summed E-state index contributed by atoms with van der Waals surface area (Å²) in [7, 11) is -1.65. The number of methoxy groups -OCH3 is 2. The third-order valence-electron chi connectivity index (χ3n) is 3.40. The molecule has 0 aliphatic heterocycles. The van der Waals surface area contributed by atoms with Gasteiger partial charge in [0, 0.05) is 17.8 Å². The first kappa shape index (κ1) is 20.7. The molecule has 3 heterocycles. The number of halogens is 2. The van der Waals surface area contributed by atoms with Crippen LogP contribution in [0.15, 0.2) is 28.7 Å². The number of rotatable bonds is 9. The molecule has 0 aliphatic carbocycles. The second kappa shape index (κ2) is 8.57. The van der Waals surface area contributed by atoms with Crippen molar-refractivity contribution in [2.45, 2.75) is 11.3 Å². The van der Waals surface area contributed by atoms with E-state index in [1.54, 1.807) is 11.6 Å². The van der Waals surface area contributed by atoms with Gasteiger partial charge in [-0.3, -0.25) is 0 Å². The fraction of sp³-hybridized carbons (Fsp3) is 0.267. The average Bonchev–Trinajstić information content (AvgIpc) is 3.37. The van der Waals surface area contributed by atoms with Crippen molar-refractivity contribution in [1.29, 1.82) is 0 Å². The fourth-order valence-corrected chi connectivity index (χ4v) is 3.74. The Labute approximate surface area is 167 Å². The number of hydrogen-bond donors (Lipinski definition) is 2. The average molecular weight is 447 g/mol. The maximum Gasteiger partial charge on any atom is 0.272 e. The molecule has 0 aliphatic rings. The van der Waals surface area contributed by atoms with E-state index in [1.165, 1.54) is 37.8 Å². The van der Waals surface area contributed by atoms with Gasteiger partial charge >= 0.3 is 0 Å². The van der Waals surface area contributed by atoms with Crippen LogP contribution >= 0.6 is 11.3 Å². The zero-order chi connectivity index (χ0) is 21.0. The van der Waals surface area contributed by atoms with E-state index in [0.717, 1.165) is 0 Å². The number of hydrogen-bond acceptors (Lipinski definition) is 9. The van der Waals surface area contributed by atoms with E-state index in [1.807, 2.05) is 0 Å². The lowest BCUT2D eigenvalue weighted by Crippen LogP contribution is -2.16. The molecule has 2 N–H and O–H groups in total. The van der Waals surface area contributed by atoms with Crippen LogP contribution in [0.5, 0.6) is 17.5 Å². The molecule has 29 heavy (non-hydrogen) atoms. The molecule has 3 rings (SSSR count). The predicted octanol–water partition coefficient (Wildman–Crippen LogP) is 2.39. The van der Waals surface area contributed by atoms with Crippen molar-refractivity contribution in [2.24, 2.45) is 0 Å². The number of nitrogens with one attached hydrogen (secondary N) is 2. The molecule has 0 aromatic carbocycles. The molecule has 0 spiro atoms. The van der Waals surface area contributed by atoms with E-state index in [0.29, 0.717) is 10.7 Å². The molecular weight excluding hydrogens is 432 g/mol. The summed E-state index contributed by atoms with van der Waals surface area (Å²) >= 11 is 1.34. The highest BCUT2D eigenvalue weighted by atomic mass is 32.2. The Hall–Kier alpha value is -3.00. The molecule has 0 fully saturated rings. The highest BCUT2D eigenvalue weighted by Gasteiger charge is 2.24. The minimum atomic E-state index is -4.07. The van der Waals surface area contributed by atoms with Crippen LogP contribution in [0.1, 0.15) is 0 Å². The summed E-state index contributed by atoms with van der Waals surface area (Å²) in [6, 6.07) is 1.40. The first-order chi connectivity index (χ1) is 13.8. The molecule has 0 bridgehead atoms. The van der Waals surface area contributed by atoms with Crippen LogP contribution < -0.4 is 18.9 Å². The first-order valence-electron chi connectivity index (χ1n) is 7.86. The molecule has 0 amide bonds. The minimum absolute atomic E-state index is 0.0812. The van der Waals surface area contributed by atoms with Crippen molar-refractivity contribution in [3.63, 3.8) is 0 Å². The fourth-order valence-electron chi connectivity index (χ4n) is 2.19. The lowest BCUT2D eigenvalue weighted by Gasteiger charge is -2.14. The van der Waals surface area contributed by atoms with E-state index in [2.05, 4.69) is 24.7 Å². The van der Waals surface area contributed by atoms with Crippen molar-refractivity contribution < 1.29 is 31.4 Å². The maximum absolute atomic E-state index is 12.6. The van der Waals surface area contributed by atoms with Crippen molar-refractivity contribution in [2.75, 3.05) is 25.5 Å². The normalized spacial score (nSPS) is 11.5. The highest BCUT2D eigenvalue weighted by molar-refractivity contribution is 7.92. The largest absolute Gasteiger partial charge is 0.478 e. The van der Waals surface area contributed by atoms with Gasteiger partial charge in [-0.2, -0.15) is 9.97 Å². The molecule has 0 saturated carbocycles. The van der Waals surface area contributed by atoms with E-state index >= 15 is 0 Å². The highest BCUT2D eigenvalue weighted by Crippen LogP contribution is 2.35. The number of H-pyrrole nitrogens is 1. The van der Waals surface area contributed by atoms with Gasteiger partial charge in [0.15, 0.2) is 0 Å². The van der Waals surface area contributed by atoms with Crippen LogP contribution in [0.2, 0.25) is 0 Å². The number of sulfonamides is 1. The van der Waals surface area contributed by atoms with E-state index in [9.17, 15) is 17.2 Å². The van der Waals surface area contributed by atoms with E-state index in [4.69, 9.17) is 14.2 Å². The Balaban J connectivity index is 1.88. The van der Waals surface area contributed by atoms with Gasteiger partial charge in [0.1, 0.15) is 16.5 Å². The molecule has 10 nitrogen and oxygen atoms in total. The summed E-state index contributed by atoms with van der Waals surface area (Å²) in [6.45, 7) is -0.940. The van der Waals surface area contributed by atoms with Crippen molar-refractivity contribution >= 4 is 27.3 Å². The second-order valence-electron chi connectivity index (χ2n) is 5.29. The predicted molar refractivity (Wildman–Crippen MR) is 99.3 cm³/mol. The molecule has 14 heteroatoms. The molecule has 3 aromatic rings. The zero-order valence-corrected chi connectivity index (χ0v) is 16.7. The van der Waals surface area contributed by atoms with Crippen LogP contribution in [0.4, 0.5) is 14.7 Å². The minimum Gasteiger partial charge on any atom is -0.478 e. The van der Waals surface area contributed by atoms with Gasteiger partial charge in [0.25, 0.3) is 28.2 Å². The van der Waals surface area contributed by atoms with Crippen molar-refractivity contribution in [1.82, 2.24) is 19.9 Å². The van der Waals surface area contributed by atoms with Gasteiger partial charge in [0.05, 0.1) is 19.9 Å². The summed E-state index contributed by atoms with van der Waals surface area (Å²) in [5.74, 6) is -1.20. The molecule has 0 radical (unpaired) electrons.